The number of halogens is 1. The van der Waals surface area contributed by atoms with Gasteiger partial charge in [-0.25, -0.2) is 9.97 Å². The molecule has 0 spiro atoms. The van der Waals surface area contributed by atoms with Crippen LogP contribution in [-0.2, 0) is 0 Å². The predicted octanol–water partition coefficient (Wildman–Crippen LogP) is 0.504. The van der Waals surface area contributed by atoms with Gasteiger partial charge in [-0.05, 0) is 24.7 Å². The lowest BCUT2D eigenvalue weighted by molar-refractivity contribution is 0.141. The molecule has 100 valence electrons. The first-order valence-corrected chi connectivity index (χ1v) is 6.27. The number of aliphatic hydroxyl groups excluding tert-OH is 2. The fourth-order valence-electron chi connectivity index (χ4n) is 2.46. The van der Waals surface area contributed by atoms with Crippen molar-refractivity contribution in [1.82, 2.24) is 9.97 Å². The normalized spacial score (nSPS) is 24.4. The van der Waals surface area contributed by atoms with Crippen molar-refractivity contribution in [2.24, 2.45) is 11.8 Å². The zero-order valence-corrected chi connectivity index (χ0v) is 10.6. The SMILES string of the molecule is Nc1c(Cl)ncnc1NC1C[C@@H](CO)[C@H](CO)C1. The summed E-state index contributed by atoms with van der Waals surface area (Å²) >= 11 is 5.82. The highest BCUT2D eigenvalue weighted by Gasteiger charge is 2.33. The van der Waals surface area contributed by atoms with Gasteiger partial charge in [-0.2, -0.15) is 0 Å². The van der Waals surface area contributed by atoms with Crippen LogP contribution in [0.1, 0.15) is 12.8 Å². The van der Waals surface area contributed by atoms with E-state index in [1.807, 2.05) is 0 Å². The van der Waals surface area contributed by atoms with Gasteiger partial charge in [0, 0.05) is 19.3 Å². The van der Waals surface area contributed by atoms with E-state index in [1.54, 1.807) is 0 Å². The van der Waals surface area contributed by atoms with Gasteiger partial charge in [-0.3, -0.25) is 0 Å². The van der Waals surface area contributed by atoms with Crippen LogP contribution in [0.15, 0.2) is 6.33 Å². The molecule has 1 aliphatic carbocycles. The largest absolute Gasteiger partial charge is 0.396 e. The number of aliphatic hydroxyl groups is 2. The minimum Gasteiger partial charge on any atom is -0.396 e. The highest BCUT2D eigenvalue weighted by molar-refractivity contribution is 6.32. The number of anilines is 2. The lowest BCUT2D eigenvalue weighted by Gasteiger charge is -2.14. The van der Waals surface area contributed by atoms with Gasteiger partial charge in [-0.1, -0.05) is 11.6 Å². The number of nitrogens with zero attached hydrogens (tertiary/aromatic N) is 2. The number of nitrogens with two attached hydrogens (primary N) is 1. The van der Waals surface area contributed by atoms with Gasteiger partial charge in [0.05, 0.1) is 0 Å². The number of rotatable bonds is 4. The summed E-state index contributed by atoms with van der Waals surface area (Å²) in [6.07, 6.45) is 2.91. The van der Waals surface area contributed by atoms with Crippen LogP contribution in [0, 0.1) is 11.8 Å². The third-order valence-electron chi connectivity index (χ3n) is 3.49. The molecule has 1 aromatic heterocycles. The summed E-state index contributed by atoms with van der Waals surface area (Å²) in [5.41, 5.74) is 6.10. The molecule has 2 rings (SSSR count). The Hall–Kier alpha value is -1.11. The van der Waals surface area contributed by atoms with E-state index < -0.39 is 0 Å². The van der Waals surface area contributed by atoms with E-state index in [2.05, 4.69) is 15.3 Å². The molecule has 1 heterocycles. The molecule has 2 atom stereocenters. The first-order chi connectivity index (χ1) is 8.65. The second-order valence-corrected chi connectivity index (χ2v) is 4.98. The van der Waals surface area contributed by atoms with Gasteiger partial charge in [0.25, 0.3) is 0 Å². The average Bonchev–Trinajstić information content (AvgIpc) is 2.77. The quantitative estimate of drug-likeness (QED) is 0.595. The molecule has 18 heavy (non-hydrogen) atoms. The number of hydrogen-bond acceptors (Lipinski definition) is 6. The van der Waals surface area contributed by atoms with E-state index >= 15 is 0 Å². The molecule has 0 aromatic carbocycles. The van der Waals surface area contributed by atoms with Gasteiger partial charge in [0.15, 0.2) is 11.0 Å². The van der Waals surface area contributed by atoms with Crippen molar-refractivity contribution in [2.45, 2.75) is 18.9 Å². The highest BCUT2D eigenvalue weighted by Crippen LogP contribution is 2.34. The van der Waals surface area contributed by atoms with Crippen molar-refractivity contribution in [3.63, 3.8) is 0 Å². The third kappa shape index (κ3) is 2.66. The van der Waals surface area contributed by atoms with E-state index in [4.69, 9.17) is 17.3 Å². The van der Waals surface area contributed by atoms with Crippen LogP contribution in [0.3, 0.4) is 0 Å². The molecule has 7 heteroatoms. The van der Waals surface area contributed by atoms with Gasteiger partial charge in [-0.15, -0.1) is 0 Å². The molecule has 0 aliphatic heterocycles. The summed E-state index contributed by atoms with van der Waals surface area (Å²) in [7, 11) is 0. The molecule has 0 unspecified atom stereocenters. The van der Waals surface area contributed by atoms with Gasteiger partial charge in [0.1, 0.15) is 12.0 Å². The topological polar surface area (TPSA) is 104 Å². The summed E-state index contributed by atoms with van der Waals surface area (Å²) in [5, 5.41) is 21.9. The fraction of sp³-hybridized carbons (Fsp3) is 0.636. The smallest absolute Gasteiger partial charge is 0.157 e. The Morgan fingerprint density at radius 2 is 1.89 bits per heavy atom. The standard InChI is InChI=1S/C11H17ClN4O2/c12-10-9(13)11(15-5-14-10)16-8-1-6(3-17)7(2-8)4-18/h5-8,17-18H,1-4,13H2,(H,14,15,16)/t6-,7-/m0/s1. The lowest BCUT2D eigenvalue weighted by atomic mass is 9.98. The summed E-state index contributed by atoms with van der Waals surface area (Å²) in [6.45, 7) is 0.173. The van der Waals surface area contributed by atoms with Gasteiger partial charge >= 0.3 is 0 Å². The average molecular weight is 273 g/mol. The Kier molecular flexibility index (Phi) is 4.21. The number of hydrogen-bond donors (Lipinski definition) is 4. The lowest BCUT2D eigenvalue weighted by Crippen LogP contribution is -2.18. The van der Waals surface area contributed by atoms with E-state index in [9.17, 15) is 10.2 Å². The molecular weight excluding hydrogens is 256 g/mol. The molecule has 1 aliphatic rings. The summed E-state index contributed by atoms with van der Waals surface area (Å²) in [5.74, 6) is 0.743. The van der Waals surface area contributed by atoms with Crippen LogP contribution in [-0.4, -0.2) is 39.4 Å². The Morgan fingerprint density at radius 3 is 2.44 bits per heavy atom. The maximum Gasteiger partial charge on any atom is 0.157 e. The molecule has 0 radical (unpaired) electrons. The van der Waals surface area contributed by atoms with Crippen LogP contribution in [0.5, 0.6) is 0 Å². The number of nitrogens with one attached hydrogen (secondary N) is 1. The molecule has 5 N–H and O–H groups in total. The Labute approximate surface area is 110 Å². The minimum absolute atomic E-state index is 0.0867. The van der Waals surface area contributed by atoms with E-state index in [-0.39, 0.29) is 36.2 Å². The van der Waals surface area contributed by atoms with Crippen LogP contribution in [0.4, 0.5) is 11.5 Å². The van der Waals surface area contributed by atoms with Crippen molar-refractivity contribution in [2.75, 3.05) is 24.3 Å². The van der Waals surface area contributed by atoms with E-state index in [0.717, 1.165) is 12.8 Å². The Morgan fingerprint density at radius 1 is 1.28 bits per heavy atom. The highest BCUT2D eigenvalue weighted by atomic mass is 35.5. The van der Waals surface area contributed by atoms with Crippen LogP contribution < -0.4 is 11.1 Å². The minimum atomic E-state index is 0.0867. The Balaban J connectivity index is 2.05. The molecule has 0 bridgehead atoms. The summed E-state index contributed by atoms with van der Waals surface area (Å²) < 4.78 is 0. The van der Waals surface area contributed by atoms with Crippen molar-refractivity contribution >= 4 is 23.1 Å². The summed E-state index contributed by atoms with van der Waals surface area (Å²) in [6, 6.07) is 0.132. The van der Waals surface area contributed by atoms with Gasteiger partial charge in [0.2, 0.25) is 0 Å². The van der Waals surface area contributed by atoms with Crippen LogP contribution >= 0.6 is 11.6 Å². The molecule has 6 nitrogen and oxygen atoms in total. The molecule has 0 saturated heterocycles. The van der Waals surface area contributed by atoms with Crippen LogP contribution in [0.2, 0.25) is 5.15 Å². The third-order valence-corrected chi connectivity index (χ3v) is 3.79. The zero-order chi connectivity index (χ0) is 13.1. The van der Waals surface area contributed by atoms with E-state index in [0.29, 0.717) is 11.5 Å². The second kappa shape index (κ2) is 5.69. The van der Waals surface area contributed by atoms with Crippen LogP contribution in [0.25, 0.3) is 0 Å². The first-order valence-electron chi connectivity index (χ1n) is 5.90. The van der Waals surface area contributed by atoms with Gasteiger partial charge < -0.3 is 21.3 Å². The van der Waals surface area contributed by atoms with Crippen molar-refractivity contribution in [3.8, 4) is 0 Å². The molecule has 1 aromatic rings. The van der Waals surface area contributed by atoms with E-state index in [1.165, 1.54) is 6.33 Å². The summed E-state index contributed by atoms with van der Waals surface area (Å²) in [4.78, 5) is 7.83. The molecule has 0 amide bonds. The van der Waals surface area contributed by atoms with Crippen molar-refractivity contribution in [1.29, 1.82) is 0 Å². The van der Waals surface area contributed by atoms with Crippen molar-refractivity contribution < 1.29 is 10.2 Å². The first kappa shape index (κ1) is 13.3. The molecule has 1 saturated carbocycles. The van der Waals surface area contributed by atoms with Crippen molar-refractivity contribution in [3.05, 3.63) is 11.5 Å². The Bertz CT molecular complexity index is 406. The molecule has 1 fully saturated rings. The zero-order valence-electron chi connectivity index (χ0n) is 9.88. The maximum absolute atomic E-state index is 9.24. The number of aromatic nitrogens is 2. The maximum atomic E-state index is 9.24. The monoisotopic (exact) mass is 272 g/mol. The molecular formula is C11H17ClN4O2. The fourth-order valence-corrected chi connectivity index (χ4v) is 2.59. The predicted molar refractivity (Wildman–Crippen MR) is 69.3 cm³/mol. The number of nitrogen functional groups attached to an aromatic ring is 1. The second-order valence-electron chi connectivity index (χ2n) is 4.62.